The molecule has 1 heterocycles. The molecule has 0 unspecified atom stereocenters. The molecule has 19 heavy (non-hydrogen) atoms. The Morgan fingerprint density at radius 1 is 1.26 bits per heavy atom. The van der Waals surface area contributed by atoms with Crippen LogP contribution in [-0.4, -0.2) is 9.60 Å². The van der Waals surface area contributed by atoms with E-state index in [1.807, 2.05) is 30.7 Å². The summed E-state index contributed by atoms with van der Waals surface area (Å²) in [6, 6.07) is 7.32. The highest BCUT2D eigenvalue weighted by molar-refractivity contribution is 5.41. The maximum atomic E-state index is 13.2. The molecule has 0 fully saturated rings. The van der Waals surface area contributed by atoms with Gasteiger partial charge in [-0.3, -0.25) is 14.8 Å². The number of halogens is 1. The van der Waals surface area contributed by atoms with Gasteiger partial charge in [-0.1, -0.05) is 0 Å². The summed E-state index contributed by atoms with van der Waals surface area (Å²) in [5.74, 6) is -0.483. The Bertz CT molecular complexity index is 603. The van der Waals surface area contributed by atoms with E-state index >= 15 is 0 Å². The minimum atomic E-state index is -0.508. The highest BCUT2D eigenvalue weighted by Crippen LogP contribution is 2.19. The van der Waals surface area contributed by atoms with E-state index in [-0.39, 0.29) is 12.2 Å². The fourth-order valence-corrected chi connectivity index (χ4v) is 1.96. The molecule has 1 N–H and O–H groups in total. The van der Waals surface area contributed by atoms with Crippen LogP contribution >= 0.6 is 0 Å². The largest absolute Gasteiger partial charge is 0.321 e. The minimum Gasteiger partial charge on any atom is -0.321 e. The fraction of sp³-hybridized carbons (Fsp3) is 0.231. The van der Waals surface area contributed by atoms with Crippen LogP contribution < -0.4 is 5.43 Å². The first kappa shape index (κ1) is 13.1. The van der Waals surface area contributed by atoms with Crippen molar-refractivity contribution in [3.8, 4) is 0 Å². The quantitative estimate of drug-likeness (QED) is 0.681. The smallest absolute Gasteiger partial charge is 0.274 e. The summed E-state index contributed by atoms with van der Waals surface area (Å²) in [4.78, 5) is 10.4. The number of nitro benzene ring substituents is 1. The van der Waals surface area contributed by atoms with Gasteiger partial charge in [0.2, 0.25) is 0 Å². The number of benzene rings is 1. The SMILES string of the molecule is Cc1ccc(C)n1NCc1cc(F)ccc1[N+](=O)[O-]. The Labute approximate surface area is 109 Å². The van der Waals surface area contributed by atoms with Gasteiger partial charge in [0.25, 0.3) is 5.69 Å². The summed E-state index contributed by atoms with van der Waals surface area (Å²) in [7, 11) is 0. The lowest BCUT2D eigenvalue weighted by molar-refractivity contribution is -0.385. The van der Waals surface area contributed by atoms with Crippen LogP contribution in [0.4, 0.5) is 10.1 Å². The number of hydrogen-bond donors (Lipinski definition) is 1. The van der Waals surface area contributed by atoms with Crippen molar-refractivity contribution < 1.29 is 9.31 Å². The molecule has 0 aliphatic rings. The van der Waals surface area contributed by atoms with Crippen LogP contribution in [0.15, 0.2) is 30.3 Å². The van der Waals surface area contributed by atoms with E-state index in [2.05, 4.69) is 5.43 Å². The normalized spacial score (nSPS) is 10.5. The molecule has 0 saturated carbocycles. The number of nitro groups is 1. The number of nitrogens with one attached hydrogen (secondary N) is 1. The molecule has 1 aromatic heterocycles. The zero-order chi connectivity index (χ0) is 14.0. The highest BCUT2D eigenvalue weighted by atomic mass is 19.1. The van der Waals surface area contributed by atoms with Crippen molar-refractivity contribution in [3.05, 3.63) is 63.2 Å². The second-order valence-corrected chi connectivity index (χ2v) is 4.32. The number of aryl methyl sites for hydroxylation is 2. The first-order valence-electron chi connectivity index (χ1n) is 5.80. The van der Waals surface area contributed by atoms with Crippen molar-refractivity contribution in [2.45, 2.75) is 20.4 Å². The van der Waals surface area contributed by atoms with Crippen molar-refractivity contribution in [3.63, 3.8) is 0 Å². The van der Waals surface area contributed by atoms with E-state index in [1.165, 1.54) is 12.1 Å². The molecule has 0 amide bonds. The lowest BCUT2D eigenvalue weighted by Gasteiger charge is -2.12. The maximum Gasteiger partial charge on any atom is 0.274 e. The van der Waals surface area contributed by atoms with E-state index in [0.717, 1.165) is 17.5 Å². The average Bonchev–Trinajstić information content (AvgIpc) is 2.66. The molecular weight excluding hydrogens is 249 g/mol. The van der Waals surface area contributed by atoms with Crippen LogP contribution in [0.3, 0.4) is 0 Å². The van der Waals surface area contributed by atoms with Gasteiger partial charge in [0.15, 0.2) is 0 Å². The third-order valence-corrected chi connectivity index (χ3v) is 2.94. The highest BCUT2D eigenvalue weighted by Gasteiger charge is 2.14. The van der Waals surface area contributed by atoms with Gasteiger partial charge in [0.1, 0.15) is 5.82 Å². The predicted octanol–water partition coefficient (Wildman–Crippen LogP) is 2.90. The molecule has 0 aliphatic heterocycles. The summed E-state index contributed by atoms with van der Waals surface area (Å²) in [6.45, 7) is 4.02. The Balaban J connectivity index is 2.24. The van der Waals surface area contributed by atoms with E-state index in [0.29, 0.717) is 5.56 Å². The molecule has 2 aromatic rings. The molecule has 2 rings (SSSR count). The van der Waals surface area contributed by atoms with Gasteiger partial charge in [-0.25, -0.2) is 4.39 Å². The number of nitrogens with zero attached hydrogens (tertiary/aromatic N) is 2. The maximum absolute atomic E-state index is 13.2. The van der Waals surface area contributed by atoms with E-state index in [4.69, 9.17) is 0 Å². The van der Waals surface area contributed by atoms with Crippen molar-refractivity contribution in [1.82, 2.24) is 4.68 Å². The fourth-order valence-electron chi connectivity index (χ4n) is 1.96. The molecule has 6 heteroatoms. The molecule has 0 saturated heterocycles. The van der Waals surface area contributed by atoms with Crippen LogP contribution in [0, 0.1) is 29.8 Å². The van der Waals surface area contributed by atoms with Crippen LogP contribution in [0.25, 0.3) is 0 Å². The second-order valence-electron chi connectivity index (χ2n) is 4.32. The first-order chi connectivity index (χ1) is 8.99. The molecular formula is C13H14FN3O2. The molecule has 100 valence electrons. The third-order valence-electron chi connectivity index (χ3n) is 2.94. The standard InChI is InChI=1S/C13H14FN3O2/c1-9-3-4-10(2)16(9)15-8-11-7-12(14)5-6-13(11)17(18)19/h3-7,15H,8H2,1-2H3. The first-order valence-corrected chi connectivity index (χ1v) is 5.80. The Kier molecular flexibility index (Phi) is 3.50. The Morgan fingerprint density at radius 2 is 1.89 bits per heavy atom. The summed E-state index contributed by atoms with van der Waals surface area (Å²) in [5.41, 5.74) is 5.24. The average molecular weight is 263 g/mol. The number of rotatable bonds is 4. The Morgan fingerprint density at radius 3 is 2.47 bits per heavy atom. The zero-order valence-electron chi connectivity index (χ0n) is 10.7. The van der Waals surface area contributed by atoms with Gasteiger partial charge in [0, 0.05) is 17.5 Å². The van der Waals surface area contributed by atoms with Crippen LogP contribution in [-0.2, 0) is 6.54 Å². The van der Waals surface area contributed by atoms with Crippen molar-refractivity contribution in [2.75, 3.05) is 5.43 Å². The zero-order valence-corrected chi connectivity index (χ0v) is 10.7. The lowest BCUT2D eigenvalue weighted by atomic mass is 10.2. The van der Waals surface area contributed by atoms with Crippen LogP contribution in [0.2, 0.25) is 0 Å². The topological polar surface area (TPSA) is 60.1 Å². The molecule has 0 atom stereocenters. The van der Waals surface area contributed by atoms with E-state index in [1.54, 1.807) is 0 Å². The van der Waals surface area contributed by atoms with E-state index < -0.39 is 10.7 Å². The summed E-state index contributed by atoms with van der Waals surface area (Å²) in [6.07, 6.45) is 0. The summed E-state index contributed by atoms with van der Waals surface area (Å²) in [5, 5.41) is 10.9. The Hall–Kier alpha value is -2.37. The molecule has 1 aromatic carbocycles. The van der Waals surface area contributed by atoms with Crippen molar-refractivity contribution in [2.24, 2.45) is 0 Å². The summed E-state index contributed by atoms with van der Waals surface area (Å²) >= 11 is 0. The van der Waals surface area contributed by atoms with Crippen molar-refractivity contribution >= 4 is 5.69 Å². The third kappa shape index (κ3) is 2.73. The van der Waals surface area contributed by atoms with Gasteiger partial charge in [-0.15, -0.1) is 0 Å². The molecule has 0 radical (unpaired) electrons. The van der Waals surface area contributed by atoms with Gasteiger partial charge in [-0.05, 0) is 38.1 Å². The molecule has 0 aliphatic carbocycles. The molecule has 0 spiro atoms. The minimum absolute atomic E-state index is 0.0867. The monoisotopic (exact) mass is 263 g/mol. The van der Waals surface area contributed by atoms with Crippen molar-refractivity contribution in [1.29, 1.82) is 0 Å². The van der Waals surface area contributed by atoms with E-state index in [9.17, 15) is 14.5 Å². The summed E-state index contributed by atoms with van der Waals surface area (Å²) < 4.78 is 15.0. The van der Waals surface area contributed by atoms with Crippen LogP contribution in [0.5, 0.6) is 0 Å². The second kappa shape index (κ2) is 5.09. The lowest BCUT2D eigenvalue weighted by Crippen LogP contribution is -2.17. The van der Waals surface area contributed by atoms with Gasteiger partial charge in [0.05, 0.1) is 17.0 Å². The number of hydrogen-bond acceptors (Lipinski definition) is 3. The van der Waals surface area contributed by atoms with Gasteiger partial charge < -0.3 is 5.43 Å². The molecule has 0 bridgehead atoms. The van der Waals surface area contributed by atoms with Gasteiger partial charge >= 0.3 is 0 Å². The van der Waals surface area contributed by atoms with Gasteiger partial charge in [-0.2, -0.15) is 0 Å². The van der Waals surface area contributed by atoms with Crippen LogP contribution in [0.1, 0.15) is 17.0 Å². The molecule has 5 nitrogen and oxygen atoms in total. The predicted molar refractivity (Wildman–Crippen MR) is 70.0 cm³/mol. The number of aromatic nitrogens is 1.